The van der Waals surface area contributed by atoms with Crippen molar-refractivity contribution in [2.24, 2.45) is 0 Å². The molecular weight excluding hydrogens is 767 g/mol. The van der Waals surface area contributed by atoms with Crippen LogP contribution in [0.25, 0.3) is 67.2 Å². The van der Waals surface area contributed by atoms with Crippen LogP contribution < -0.4 is 0 Å². The molecule has 0 fully saturated rings. The van der Waals surface area contributed by atoms with Gasteiger partial charge in [0.15, 0.2) is 0 Å². The van der Waals surface area contributed by atoms with Crippen LogP contribution in [-0.4, -0.2) is 15.0 Å². The van der Waals surface area contributed by atoms with Gasteiger partial charge in [-0.1, -0.05) is 127 Å². The third kappa shape index (κ3) is 9.25. The minimum atomic E-state index is -2.27. The predicted octanol–water partition coefficient (Wildman–Crippen LogP) is 13.5. The monoisotopic (exact) mass is 812 g/mol. The molecule has 3 heterocycles. The summed E-state index contributed by atoms with van der Waals surface area (Å²) in [5.74, 6) is 0. The molecule has 300 valence electrons. The highest BCUT2D eigenvalue weighted by Crippen LogP contribution is 2.41. The van der Waals surface area contributed by atoms with E-state index in [9.17, 15) is 10.5 Å². The van der Waals surface area contributed by atoms with E-state index < -0.39 is 6.85 Å². The second-order valence-corrected chi connectivity index (χ2v) is 15.6. The van der Waals surface area contributed by atoms with Crippen LogP contribution >= 0.6 is 0 Å². The molecule has 0 unspecified atom stereocenters. The van der Waals surface area contributed by atoms with Crippen molar-refractivity contribution in [3.8, 4) is 79.3 Å². The number of hydrogen-bond acceptors (Lipinski definition) is 5. The summed E-state index contributed by atoms with van der Waals surface area (Å²) >= 11 is 0. The first-order valence-corrected chi connectivity index (χ1v) is 21.0. The lowest BCUT2D eigenvalue weighted by Gasteiger charge is -2.18. The van der Waals surface area contributed by atoms with Gasteiger partial charge in [0, 0.05) is 39.4 Å². The molecule has 9 aromatic rings. The van der Waals surface area contributed by atoms with Crippen LogP contribution in [0.3, 0.4) is 0 Å². The summed E-state index contributed by atoms with van der Waals surface area (Å²) in [6.45, 7) is -2.27. The zero-order chi connectivity index (χ0) is 45.5. The number of pyridine rings is 3. The maximum absolute atomic E-state index is 10.1. The van der Waals surface area contributed by atoms with E-state index in [2.05, 4.69) is 118 Å². The molecule has 5 nitrogen and oxygen atoms in total. The van der Waals surface area contributed by atoms with Crippen LogP contribution in [0.1, 0.15) is 43.1 Å². The Kier molecular flexibility index (Phi) is 10.8. The fraction of sp³-hybridized carbons (Fsp3) is 0.0862. The summed E-state index contributed by atoms with van der Waals surface area (Å²) in [5.41, 5.74) is 17.0. The second-order valence-electron chi connectivity index (χ2n) is 15.6. The van der Waals surface area contributed by atoms with Crippen LogP contribution in [0.4, 0.5) is 0 Å². The van der Waals surface area contributed by atoms with Gasteiger partial charge in [0.25, 0.3) is 0 Å². The summed E-state index contributed by atoms with van der Waals surface area (Å²) in [6.07, 6.45) is 8.48. The zero-order valence-corrected chi connectivity index (χ0v) is 34.5. The average Bonchev–Trinajstić information content (AvgIpc) is 3.37. The molecule has 0 amide bonds. The Morgan fingerprint density at radius 1 is 0.397 bits per heavy atom. The minimum Gasteiger partial charge on any atom is -0.256 e. The SMILES string of the molecule is [2H]C([2H])([2H])c1ccc(-c2ccc(-c3ccccc3-c3cc(CCc4ccc(-c5ccccn5)cc4)cc(CCc4ccc(-c5ccccn5)cc4)c3)c(-c3ccc(C#N)c(C#N)c3)c2)nc1. The third-order valence-electron chi connectivity index (χ3n) is 11.5. The second kappa shape index (κ2) is 18.6. The van der Waals surface area contributed by atoms with Crippen molar-refractivity contribution in [2.45, 2.75) is 32.5 Å². The van der Waals surface area contributed by atoms with Crippen molar-refractivity contribution in [2.75, 3.05) is 0 Å². The lowest BCUT2D eigenvalue weighted by atomic mass is 9.86. The molecule has 9 rings (SSSR count). The van der Waals surface area contributed by atoms with E-state index in [0.717, 1.165) is 87.1 Å². The van der Waals surface area contributed by atoms with Crippen molar-refractivity contribution in [3.63, 3.8) is 0 Å². The third-order valence-corrected chi connectivity index (χ3v) is 11.5. The number of aryl methyl sites for hydroxylation is 5. The minimum absolute atomic E-state index is 0.168. The number of aromatic nitrogens is 3. The fourth-order valence-corrected chi connectivity index (χ4v) is 8.15. The molecule has 0 saturated heterocycles. The number of rotatable bonds is 12. The normalized spacial score (nSPS) is 11.7. The number of nitriles is 2. The molecule has 0 saturated carbocycles. The Bertz CT molecular complexity index is 3120. The van der Waals surface area contributed by atoms with E-state index in [1.54, 1.807) is 24.3 Å². The van der Waals surface area contributed by atoms with Crippen molar-refractivity contribution >= 4 is 0 Å². The van der Waals surface area contributed by atoms with Crippen LogP contribution in [0.15, 0.2) is 195 Å². The fourth-order valence-electron chi connectivity index (χ4n) is 8.15. The molecule has 0 N–H and O–H groups in total. The van der Waals surface area contributed by atoms with Gasteiger partial charge < -0.3 is 0 Å². The van der Waals surface area contributed by atoms with Gasteiger partial charge in [-0.2, -0.15) is 10.5 Å². The number of hydrogen-bond donors (Lipinski definition) is 0. The van der Waals surface area contributed by atoms with Gasteiger partial charge >= 0.3 is 0 Å². The van der Waals surface area contributed by atoms with Gasteiger partial charge in [-0.3, -0.25) is 15.0 Å². The molecule has 5 heteroatoms. The molecule has 0 atom stereocenters. The first-order valence-electron chi connectivity index (χ1n) is 22.5. The van der Waals surface area contributed by atoms with Gasteiger partial charge in [-0.15, -0.1) is 0 Å². The van der Waals surface area contributed by atoms with Crippen LogP contribution in [0.5, 0.6) is 0 Å². The largest absolute Gasteiger partial charge is 0.256 e. The molecule has 0 aliphatic rings. The Labute approximate surface area is 373 Å². The van der Waals surface area contributed by atoms with E-state index in [0.29, 0.717) is 11.3 Å². The summed E-state index contributed by atoms with van der Waals surface area (Å²) in [7, 11) is 0. The van der Waals surface area contributed by atoms with Crippen molar-refractivity contribution < 1.29 is 4.11 Å². The molecule has 6 aromatic carbocycles. The summed E-state index contributed by atoms with van der Waals surface area (Å²) < 4.78 is 23.5. The molecule has 3 aromatic heterocycles. The smallest absolute Gasteiger partial charge is 0.101 e. The van der Waals surface area contributed by atoms with Crippen molar-refractivity contribution in [1.82, 2.24) is 15.0 Å². The Morgan fingerprint density at radius 3 is 1.49 bits per heavy atom. The van der Waals surface area contributed by atoms with E-state index in [1.807, 2.05) is 73.1 Å². The molecule has 0 aliphatic heterocycles. The molecule has 0 radical (unpaired) electrons. The number of benzene rings is 6. The van der Waals surface area contributed by atoms with Crippen molar-refractivity contribution in [3.05, 3.63) is 233 Å². The highest BCUT2D eigenvalue weighted by Gasteiger charge is 2.17. The first-order chi connectivity index (χ1) is 32.2. The maximum atomic E-state index is 10.1. The molecule has 0 spiro atoms. The summed E-state index contributed by atoms with van der Waals surface area (Å²) in [6, 6.07) is 63.8. The highest BCUT2D eigenvalue weighted by molar-refractivity contribution is 5.93. The maximum Gasteiger partial charge on any atom is 0.101 e. The Morgan fingerprint density at radius 2 is 0.937 bits per heavy atom. The van der Waals surface area contributed by atoms with Crippen LogP contribution in [0, 0.1) is 29.5 Å². The van der Waals surface area contributed by atoms with Gasteiger partial charge in [0.1, 0.15) is 12.1 Å². The standard InChI is InChI=1S/C58H43N5/c1-40-12-29-58(63-39-40)48-27-28-54(55(36-48)47-25-26-49(37-59)51(35-47)38-60)53-9-3-2-8-52(53)50-33-43(15-13-41-17-21-45(22-18-41)56-10-4-6-30-61-56)32-44(34-50)16-14-42-19-23-46(24-20-42)57-11-5-7-31-62-57/h2-12,17-36,39H,13-16H2,1H3/i1D3. The lowest BCUT2D eigenvalue weighted by Crippen LogP contribution is -1.98. The molecule has 0 aliphatic carbocycles. The molecule has 63 heavy (non-hydrogen) atoms. The Balaban J connectivity index is 1.10. The molecule has 0 bridgehead atoms. The van der Waals surface area contributed by atoms with E-state index in [1.165, 1.54) is 28.5 Å². The summed E-state index contributed by atoms with van der Waals surface area (Å²) in [4.78, 5) is 13.6. The highest BCUT2D eigenvalue weighted by atomic mass is 14.7. The topological polar surface area (TPSA) is 86.2 Å². The quantitative estimate of drug-likeness (QED) is 0.123. The van der Waals surface area contributed by atoms with Crippen LogP contribution in [-0.2, 0) is 25.7 Å². The zero-order valence-electron chi connectivity index (χ0n) is 37.5. The van der Waals surface area contributed by atoms with Crippen LogP contribution in [0.2, 0.25) is 0 Å². The van der Waals surface area contributed by atoms with E-state index >= 15 is 0 Å². The van der Waals surface area contributed by atoms with E-state index in [-0.39, 0.29) is 11.1 Å². The number of nitrogens with zero attached hydrogens (tertiary/aromatic N) is 5. The van der Waals surface area contributed by atoms with E-state index in [4.69, 9.17) is 4.11 Å². The first kappa shape index (κ1) is 36.6. The van der Waals surface area contributed by atoms with Gasteiger partial charge in [0.05, 0.1) is 28.2 Å². The predicted molar refractivity (Wildman–Crippen MR) is 254 cm³/mol. The van der Waals surface area contributed by atoms with Gasteiger partial charge in [-0.05, 0) is 142 Å². The van der Waals surface area contributed by atoms with Gasteiger partial charge in [-0.25, -0.2) is 0 Å². The van der Waals surface area contributed by atoms with Gasteiger partial charge in [0.2, 0.25) is 0 Å². The molecular formula is C58H43N5. The average molecular weight is 813 g/mol. The van der Waals surface area contributed by atoms with Crippen molar-refractivity contribution in [1.29, 1.82) is 10.5 Å². The lowest BCUT2D eigenvalue weighted by molar-refractivity contribution is 0.931. The Hall–Kier alpha value is -8.25. The summed E-state index contributed by atoms with van der Waals surface area (Å²) in [5, 5.41) is 19.8.